The number of hydrogen-bond acceptors (Lipinski definition) is 7. The Bertz CT molecular complexity index is 1450. The summed E-state index contributed by atoms with van der Waals surface area (Å²) >= 11 is 0. The van der Waals surface area contributed by atoms with E-state index in [1.807, 2.05) is 36.4 Å². The maximum atomic E-state index is 13.0. The molecule has 34 heavy (non-hydrogen) atoms. The van der Waals surface area contributed by atoms with Crippen molar-refractivity contribution in [3.8, 4) is 28.1 Å². The molecule has 0 spiro atoms. The van der Waals surface area contributed by atoms with Crippen molar-refractivity contribution >= 4 is 17.8 Å². The molecule has 0 aliphatic carbocycles. The average Bonchev–Trinajstić information content (AvgIpc) is 2.85. The number of aromatic nitrogens is 2. The topological polar surface area (TPSA) is 151 Å². The van der Waals surface area contributed by atoms with Crippen molar-refractivity contribution in [1.29, 1.82) is 0 Å². The maximum absolute atomic E-state index is 13.0. The number of hydrogen-bond donors (Lipinski definition) is 3. The van der Waals surface area contributed by atoms with E-state index in [9.17, 15) is 24.8 Å². The summed E-state index contributed by atoms with van der Waals surface area (Å²) in [6, 6.07) is 21.6. The van der Waals surface area contributed by atoms with Gasteiger partial charge in [0, 0.05) is 22.8 Å². The standard InChI is InChI=1S/C24H17N5O5/c30-19-12-11-15(13-18(19)29(33)34)14-25-27-23(31)21-20(16-7-3-1-4-8-16)22(26-28-24(21)32)17-9-5-2-6-10-17/h1-14,30H,(H,27,31)(H,28,32). The molecule has 1 heterocycles. The Morgan fingerprint density at radius 1 is 1.03 bits per heavy atom. The minimum Gasteiger partial charge on any atom is -0.502 e. The van der Waals surface area contributed by atoms with Gasteiger partial charge in [-0.25, -0.2) is 10.5 Å². The smallest absolute Gasteiger partial charge is 0.311 e. The predicted molar refractivity (Wildman–Crippen MR) is 126 cm³/mol. The van der Waals surface area contributed by atoms with E-state index >= 15 is 0 Å². The second-order valence-electron chi connectivity index (χ2n) is 7.09. The largest absolute Gasteiger partial charge is 0.502 e. The van der Waals surface area contributed by atoms with Gasteiger partial charge in [0.05, 0.1) is 16.8 Å². The van der Waals surface area contributed by atoms with Gasteiger partial charge in [0.25, 0.3) is 11.5 Å². The zero-order valence-corrected chi connectivity index (χ0v) is 17.5. The van der Waals surface area contributed by atoms with Crippen LogP contribution in [0.25, 0.3) is 22.4 Å². The average molecular weight is 455 g/mol. The molecule has 3 N–H and O–H groups in total. The van der Waals surface area contributed by atoms with Crippen molar-refractivity contribution in [1.82, 2.24) is 15.6 Å². The summed E-state index contributed by atoms with van der Waals surface area (Å²) in [7, 11) is 0. The monoisotopic (exact) mass is 455 g/mol. The number of nitro benzene ring substituents is 1. The highest BCUT2D eigenvalue weighted by atomic mass is 16.6. The minimum atomic E-state index is -0.788. The highest BCUT2D eigenvalue weighted by molar-refractivity contribution is 6.03. The fourth-order valence-corrected chi connectivity index (χ4v) is 3.35. The molecule has 0 radical (unpaired) electrons. The first-order valence-electron chi connectivity index (χ1n) is 10.00. The van der Waals surface area contributed by atoms with E-state index < -0.39 is 27.8 Å². The number of aromatic amines is 1. The number of benzene rings is 3. The van der Waals surface area contributed by atoms with Crippen LogP contribution in [-0.4, -0.2) is 32.3 Å². The van der Waals surface area contributed by atoms with Crippen LogP contribution >= 0.6 is 0 Å². The number of nitrogens with zero attached hydrogens (tertiary/aromatic N) is 3. The first-order valence-corrected chi connectivity index (χ1v) is 10.00. The molecule has 0 aliphatic heterocycles. The molecule has 10 nitrogen and oxygen atoms in total. The number of amides is 1. The van der Waals surface area contributed by atoms with Gasteiger partial charge in [0.2, 0.25) is 0 Å². The van der Waals surface area contributed by atoms with Crippen molar-refractivity contribution in [2.24, 2.45) is 5.10 Å². The summed E-state index contributed by atoms with van der Waals surface area (Å²) in [4.78, 5) is 36.0. The highest BCUT2D eigenvalue weighted by Crippen LogP contribution is 2.31. The molecule has 0 bridgehead atoms. The summed E-state index contributed by atoms with van der Waals surface area (Å²) in [6.07, 6.45) is 1.17. The number of nitro groups is 1. The van der Waals surface area contributed by atoms with Crippen LogP contribution < -0.4 is 11.0 Å². The normalized spacial score (nSPS) is 10.8. The van der Waals surface area contributed by atoms with Gasteiger partial charge in [-0.2, -0.15) is 10.2 Å². The number of hydrazone groups is 1. The lowest BCUT2D eigenvalue weighted by Crippen LogP contribution is -2.28. The molecule has 0 saturated heterocycles. The van der Waals surface area contributed by atoms with Crippen LogP contribution in [0.2, 0.25) is 0 Å². The van der Waals surface area contributed by atoms with E-state index in [0.29, 0.717) is 22.4 Å². The molecule has 168 valence electrons. The van der Waals surface area contributed by atoms with Gasteiger partial charge in [-0.3, -0.25) is 19.7 Å². The fourth-order valence-electron chi connectivity index (χ4n) is 3.35. The van der Waals surface area contributed by atoms with E-state index in [-0.39, 0.29) is 11.1 Å². The van der Waals surface area contributed by atoms with Crippen molar-refractivity contribution in [3.63, 3.8) is 0 Å². The molecule has 1 amide bonds. The van der Waals surface area contributed by atoms with Crippen LogP contribution in [0.4, 0.5) is 5.69 Å². The number of H-pyrrole nitrogens is 1. The third kappa shape index (κ3) is 4.55. The number of phenolic OH excluding ortho intramolecular Hbond substituents is 1. The molecule has 10 heteroatoms. The molecule has 4 rings (SSSR count). The van der Waals surface area contributed by atoms with Crippen LogP contribution in [-0.2, 0) is 0 Å². The predicted octanol–water partition coefficient (Wildman–Crippen LogP) is 3.48. The molecular formula is C24H17N5O5. The summed E-state index contributed by atoms with van der Waals surface area (Å²) < 4.78 is 0. The number of nitrogens with one attached hydrogen (secondary N) is 2. The molecule has 0 aliphatic rings. The molecule has 0 fully saturated rings. The highest BCUT2D eigenvalue weighted by Gasteiger charge is 2.22. The van der Waals surface area contributed by atoms with Crippen LogP contribution in [0.15, 0.2) is 88.8 Å². The van der Waals surface area contributed by atoms with Gasteiger partial charge in [-0.15, -0.1) is 0 Å². The van der Waals surface area contributed by atoms with Crippen LogP contribution in [0.3, 0.4) is 0 Å². The minimum absolute atomic E-state index is 0.186. The lowest BCUT2D eigenvalue weighted by atomic mass is 9.95. The summed E-state index contributed by atoms with van der Waals surface area (Å²) in [6.45, 7) is 0. The molecule has 4 aromatic rings. The third-order valence-electron chi connectivity index (χ3n) is 4.90. The SMILES string of the molecule is O=C(NN=Cc1ccc(O)c([N+](=O)[O-])c1)c1c(-c2ccccc2)c(-c2ccccc2)n[nH]c1=O. The molecule has 0 saturated carbocycles. The van der Waals surface area contributed by atoms with E-state index in [1.54, 1.807) is 24.3 Å². The van der Waals surface area contributed by atoms with Gasteiger partial charge in [-0.1, -0.05) is 60.7 Å². The van der Waals surface area contributed by atoms with Gasteiger partial charge in [0.1, 0.15) is 5.56 Å². The van der Waals surface area contributed by atoms with Crippen LogP contribution in [0.5, 0.6) is 5.75 Å². The third-order valence-corrected chi connectivity index (χ3v) is 4.90. The molecular weight excluding hydrogens is 438 g/mol. The number of rotatable bonds is 6. The van der Waals surface area contributed by atoms with Crippen molar-refractivity contribution < 1.29 is 14.8 Å². The first kappa shape index (κ1) is 22.1. The van der Waals surface area contributed by atoms with Crippen LogP contribution in [0.1, 0.15) is 15.9 Å². The summed E-state index contributed by atoms with van der Waals surface area (Å²) in [5, 5.41) is 30.9. The Morgan fingerprint density at radius 3 is 2.32 bits per heavy atom. The van der Waals surface area contributed by atoms with Gasteiger partial charge in [-0.05, 0) is 17.7 Å². The van der Waals surface area contributed by atoms with Crippen molar-refractivity contribution in [3.05, 3.63) is 110 Å². The van der Waals surface area contributed by atoms with E-state index in [4.69, 9.17) is 0 Å². The second kappa shape index (κ2) is 9.57. The Kier molecular flexibility index (Phi) is 6.22. The lowest BCUT2D eigenvalue weighted by Gasteiger charge is -2.12. The van der Waals surface area contributed by atoms with Crippen molar-refractivity contribution in [2.75, 3.05) is 0 Å². The fraction of sp³-hybridized carbons (Fsp3) is 0. The summed E-state index contributed by atoms with van der Waals surface area (Å²) in [5.41, 5.74) is 3.23. The zero-order valence-electron chi connectivity index (χ0n) is 17.5. The number of carbonyl (C=O) groups is 1. The van der Waals surface area contributed by atoms with E-state index in [1.165, 1.54) is 12.3 Å². The van der Waals surface area contributed by atoms with Gasteiger partial charge in [0.15, 0.2) is 5.75 Å². The van der Waals surface area contributed by atoms with E-state index in [2.05, 4.69) is 20.7 Å². The maximum Gasteiger partial charge on any atom is 0.311 e. The lowest BCUT2D eigenvalue weighted by molar-refractivity contribution is -0.385. The Morgan fingerprint density at radius 2 is 1.68 bits per heavy atom. The van der Waals surface area contributed by atoms with Crippen LogP contribution in [0, 0.1) is 10.1 Å². The van der Waals surface area contributed by atoms with Gasteiger partial charge < -0.3 is 5.11 Å². The van der Waals surface area contributed by atoms with E-state index in [0.717, 1.165) is 12.1 Å². The zero-order chi connectivity index (χ0) is 24.1. The quantitative estimate of drug-likeness (QED) is 0.230. The Labute approximate surface area is 192 Å². The Hall–Kier alpha value is -5.12. The number of aromatic hydroxyl groups is 1. The number of phenols is 1. The van der Waals surface area contributed by atoms with Gasteiger partial charge >= 0.3 is 5.69 Å². The number of carbonyl (C=O) groups excluding carboxylic acids is 1. The molecule has 0 unspecified atom stereocenters. The molecule has 0 atom stereocenters. The summed E-state index contributed by atoms with van der Waals surface area (Å²) in [5.74, 6) is -1.28. The second-order valence-corrected chi connectivity index (χ2v) is 7.09. The Balaban J connectivity index is 1.73. The molecule has 1 aromatic heterocycles. The molecule has 3 aromatic carbocycles. The van der Waals surface area contributed by atoms with Crippen molar-refractivity contribution in [2.45, 2.75) is 0 Å². The first-order chi connectivity index (χ1) is 16.5.